The van der Waals surface area contributed by atoms with Crippen molar-refractivity contribution in [3.63, 3.8) is 0 Å². The first-order chi connectivity index (χ1) is 10.3. The number of fused-ring (bicyclic) bond motifs is 1. The highest BCUT2D eigenvalue weighted by molar-refractivity contribution is 5.44. The molecule has 4 heteroatoms. The van der Waals surface area contributed by atoms with Gasteiger partial charge in [-0.2, -0.15) is 5.10 Å². The van der Waals surface area contributed by atoms with Crippen LogP contribution in [0.1, 0.15) is 55.3 Å². The minimum absolute atomic E-state index is 0.331. The maximum Gasteiger partial charge on any atom is 0.125 e. The Morgan fingerprint density at radius 1 is 1.10 bits per heavy atom. The Kier molecular flexibility index (Phi) is 3.09. The van der Waals surface area contributed by atoms with Gasteiger partial charge in [0.05, 0.1) is 11.7 Å². The smallest absolute Gasteiger partial charge is 0.125 e. The number of nitrogens with zero attached hydrogens (tertiary/aromatic N) is 2. The second-order valence-electron chi connectivity index (χ2n) is 6.28. The minimum atomic E-state index is 0.331. The summed E-state index contributed by atoms with van der Waals surface area (Å²) in [6.45, 7) is 1.00. The van der Waals surface area contributed by atoms with E-state index in [0.29, 0.717) is 12.0 Å². The van der Waals surface area contributed by atoms with Gasteiger partial charge in [-0.3, -0.25) is 0 Å². The number of nitrogens with one attached hydrogen (secondary N) is 1. The van der Waals surface area contributed by atoms with E-state index in [0.717, 1.165) is 18.7 Å². The van der Waals surface area contributed by atoms with Crippen LogP contribution in [0, 0.1) is 0 Å². The predicted octanol–water partition coefficient (Wildman–Crippen LogP) is 3.53. The Labute approximate surface area is 125 Å². The molecule has 4 rings (SSSR count). The lowest BCUT2D eigenvalue weighted by Crippen LogP contribution is -2.24. The van der Waals surface area contributed by atoms with Crippen LogP contribution in [0.2, 0.25) is 0 Å². The Balaban J connectivity index is 1.68. The molecule has 1 aromatic carbocycles. The topological polar surface area (TPSA) is 55.9 Å². The van der Waals surface area contributed by atoms with E-state index in [1.54, 1.807) is 0 Å². The Hall–Kier alpha value is -1.97. The molecule has 1 aliphatic heterocycles. The van der Waals surface area contributed by atoms with E-state index in [2.05, 4.69) is 28.2 Å². The molecule has 2 heterocycles. The molecule has 1 aliphatic carbocycles. The van der Waals surface area contributed by atoms with E-state index >= 15 is 0 Å². The normalized spacial score (nSPS) is 22.0. The second kappa shape index (κ2) is 5.10. The Morgan fingerprint density at radius 2 is 1.86 bits per heavy atom. The summed E-state index contributed by atoms with van der Waals surface area (Å²) in [4.78, 5) is 0. The van der Waals surface area contributed by atoms with Crippen LogP contribution in [0.25, 0.3) is 0 Å². The zero-order valence-electron chi connectivity index (χ0n) is 12.3. The largest absolute Gasteiger partial charge is 0.399 e. The number of hydrogen-bond donors (Lipinski definition) is 2. The van der Waals surface area contributed by atoms with Gasteiger partial charge in [0, 0.05) is 24.2 Å². The summed E-state index contributed by atoms with van der Waals surface area (Å²) >= 11 is 0. The van der Waals surface area contributed by atoms with Gasteiger partial charge in [-0.1, -0.05) is 25.0 Å². The summed E-state index contributed by atoms with van der Waals surface area (Å²) in [5.74, 6) is 1.84. The van der Waals surface area contributed by atoms with Crippen molar-refractivity contribution in [1.29, 1.82) is 0 Å². The van der Waals surface area contributed by atoms with Crippen LogP contribution in [0.5, 0.6) is 0 Å². The minimum Gasteiger partial charge on any atom is -0.399 e. The van der Waals surface area contributed by atoms with Gasteiger partial charge in [-0.05, 0) is 37.0 Å². The summed E-state index contributed by atoms with van der Waals surface area (Å²) in [7, 11) is 0. The number of nitrogen functional groups attached to an aromatic ring is 1. The van der Waals surface area contributed by atoms with Gasteiger partial charge in [-0.25, -0.2) is 4.68 Å². The molecule has 21 heavy (non-hydrogen) atoms. The second-order valence-corrected chi connectivity index (χ2v) is 6.28. The number of nitrogens with two attached hydrogens (primary N) is 1. The number of benzene rings is 1. The van der Waals surface area contributed by atoms with Crippen LogP contribution in [-0.4, -0.2) is 16.3 Å². The molecule has 1 fully saturated rings. The molecule has 110 valence electrons. The van der Waals surface area contributed by atoms with Gasteiger partial charge in [0.15, 0.2) is 0 Å². The van der Waals surface area contributed by atoms with Crippen LogP contribution >= 0.6 is 0 Å². The molecule has 2 aliphatic rings. The molecule has 1 unspecified atom stereocenters. The number of rotatable bonds is 2. The van der Waals surface area contributed by atoms with Crippen molar-refractivity contribution in [2.24, 2.45) is 0 Å². The van der Waals surface area contributed by atoms with Crippen LogP contribution in [-0.2, 0) is 0 Å². The van der Waals surface area contributed by atoms with E-state index in [1.807, 2.05) is 12.1 Å². The average Bonchev–Trinajstić information content (AvgIpc) is 3.16. The van der Waals surface area contributed by atoms with Gasteiger partial charge in [0.1, 0.15) is 5.82 Å². The fraction of sp³-hybridized carbons (Fsp3) is 0.471. The Morgan fingerprint density at radius 3 is 2.62 bits per heavy atom. The predicted molar refractivity (Wildman–Crippen MR) is 85.5 cm³/mol. The van der Waals surface area contributed by atoms with E-state index in [1.165, 1.54) is 42.8 Å². The van der Waals surface area contributed by atoms with Gasteiger partial charge in [-0.15, -0.1) is 0 Å². The summed E-state index contributed by atoms with van der Waals surface area (Å²) in [6, 6.07) is 10.8. The lowest BCUT2D eigenvalue weighted by molar-refractivity contribution is 0.473. The molecule has 0 spiro atoms. The number of aromatic nitrogens is 2. The van der Waals surface area contributed by atoms with Crippen LogP contribution in [0.15, 0.2) is 30.3 Å². The molecule has 1 saturated carbocycles. The van der Waals surface area contributed by atoms with Gasteiger partial charge in [0.25, 0.3) is 0 Å². The highest BCUT2D eigenvalue weighted by atomic mass is 15.4. The molecule has 0 amide bonds. The number of anilines is 2. The molecule has 1 atom stereocenters. The van der Waals surface area contributed by atoms with Crippen molar-refractivity contribution >= 4 is 11.5 Å². The third kappa shape index (κ3) is 2.28. The molecule has 2 aromatic rings. The molecule has 4 nitrogen and oxygen atoms in total. The first kappa shape index (κ1) is 12.7. The lowest BCUT2D eigenvalue weighted by Gasteiger charge is -2.26. The third-order valence-electron chi connectivity index (χ3n) is 4.87. The molecule has 0 saturated heterocycles. The summed E-state index contributed by atoms with van der Waals surface area (Å²) in [6.07, 6.45) is 6.36. The van der Waals surface area contributed by atoms with Crippen molar-refractivity contribution in [3.8, 4) is 0 Å². The van der Waals surface area contributed by atoms with Crippen LogP contribution in [0.4, 0.5) is 11.5 Å². The molecular weight excluding hydrogens is 260 g/mol. The lowest BCUT2D eigenvalue weighted by atomic mass is 10.0. The van der Waals surface area contributed by atoms with Crippen molar-refractivity contribution in [2.75, 3.05) is 17.6 Å². The first-order valence-corrected chi connectivity index (χ1v) is 8.00. The molecular formula is C17H22N4. The molecule has 0 radical (unpaired) electrons. The quantitative estimate of drug-likeness (QED) is 0.828. The van der Waals surface area contributed by atoms with E-state index < -0.39 is 0 Å². The van der Waals surface area contributed by atoms with Crippen LogP contribution < -0.4 is 11.1 Å². The molecule has 3 N–H and O–H groups in total. The van der Waals surface area contributed by atoms with Crippen LogP contribution in [0.3, 0.4) is 0 Å². The van der Waals surface area contributed by atoms with Gasteiger partial charge >= 0.3 is 0 Å². The van der Waals surface area contributed by atoms with Gasteiger partial charge < -0.3 is 11.1 Å². The number of hydrogen-bond acceptors (Lipinski definition) is 3. The Bertz CT molecular complexity index is 623. The standard InChI is InChI=1S/C17H22N4/c18-14-7-5-13(6-8-14)16-9-10-19-17-11-15(20-21(16)17)12-3-1-2-4-12/h5-8,11-12,16,19H,1-4,9-10,18H2. The molecule has 0 bridgehead atoms. The van der Waals surface area contributed by atoms with Crippen molar-refractivity contribution in [1.82, 2.24) is 9.78 Å². The molecule has 1 aromatic heterocycles. The zero-order chi connectivity index (χ0) is 14.2. The summed E-state index contributed by atoms with van der Waals surface area (Å²) in [5.41, 5.74) is 9.20. The van der Waals surface area contributed by atoms with E-state index in [-0.39, 0.29) is 0 Å². The fourth-order valence-electron chi connectivity index (χ4n) is 3.69. The fourth-order valence-corrected chi connectivity index (χ4v) is 3.69. The third-order valence-corrected chi connectivity index (χ3v) is 4.87. The average molecular weight is 282 g/mol. The summed E-state index contributed by atoms with van der Waals surface area (Å²) in [5, 5.41) is 8.43. The highest BCUT2D eigenvalue weighted by Gasteiger charge is 2.26. The SMILES string of the molecule is Nc1ccc(C2CCNc3cc(C4CCCC4)nn32)cc1. The maximum absolute atomic E-state index is 5.80. The van der Waals surface area contributed by atoms with Crippen molar-refractivity contribution < 1.29 is 0 Å². The first-order valence-electron chi connectivity index (χ1n) is 8.00. The van der Waals surface area contributed by atoms with Gasteiger partial charge in [0.2, 0.25) is 0 Å². The summed E-state index contributed by atoms with van der Waals surface area (Å²) < 4.78 is 2.18. The van der Waals surface area contributed by atoms with Crippen molar-refractivity contribution in [2.45, 2.75) is 44.1 Å². The highest BCUT2D eigenvalue weighted by Crippen LogP contribution is 2.37. The monoisotopic (exact) mass is 282 g/mol. The van der Waals surface area contributed by atoms with E-state index in [9.17, 15) is 0 Å². The van der Waals surface area contributed by atoms with Crippen molar-refractivity contribution in [3.05, 3.63) is 41.6 Å². The maximum atomic E-state index is 5.80. The van der Waals surface area contributed by atoms with E-state index in [4.69, 9.17) is 10.8 Å². The zero-order valence-corrected chi connectivity index (χ0v) is 12.3.